The Bertz CT molecular complexity index is 1160. The topological polar surface area (TPSA) is 75.7 Å². The number of benzene rings is 2. The smallest absolute Gasteiger partial charge is 0.229 e. The van der Waals surface area contributed by atoms with Crippen LogP contribution < -0.4 is 5.32 Å². The minimum atomic E-state index is -0.373. The molecule has 1 aliphatic rings. The van der Waals surface area contributed by atoms with Crippen molar-refractivity contribution in [2.45, 2.75) is 13.0 Å². The number of rotatable bonds is 5. The lowest BCUT2D eigenvalue weighted by atomic mass is 10.1. The third kappa shape index (κ3) is 3.59. The number of para-hydroxylation sites is 1. The first-order chi connectivity index (χ1) is 14.7. The van der Waals surface area contributed by atoms with Crippen molar-refractivity contribution in [3.63, 3.8) is 0 Å². The highest BCUT2D eigenvalue weighted by molar-refractivity contribution is 5.97. The Morgan fingerprint density at radius 1 is 1.07 bits per heavy atom. The van der Waals surface area contributed by atoms with Gasteiger partial charge in [-0.1, -0.05) is 18.2 Å². The van der Waals surface area contributed by atoms with Crippen molar-refractivity contribution >= 4 is 28.5 Å². The second-order valence-corrected chi connectivity index (χ2v) is 7.47. The third-order valence-corrected chi connectivity index (χ3v) is 5.37. The number of nitrogens with zero attached hydrogens (tertiary/aromatic N) is 1. The number of hydrogen-bond acceptors (Lipinski definition) is 4. The van der Waals surface area contributed by atoms with Gasteiger partial charge in [-0.15, -0.1) is 0 Å². The largest absolute Gasteiger partial charge is 0.467 e. The average molecular weight is 400 g/mol. The number of nitrogens with one attached hydrogen (secondary N) is 1. The van der Waals surface area contributed by atoms with Gasteiger partial charge in [0, 0.05) is 29.6 Å². The summed E-state index contributed by atoms with van der Waals surface area (Å²) in [5.41, 5.74) is 2.47. The predicted molar refractivity (Wildman–Crippen MR) is 113 cm³/mol. The molecule has 1 atom stereocenters. The van der Waals surface area contributed by atoms with E-state index >= 15 is 0 Å². The van der Waals surface area contributed by atoms with Crippen LogP contribution in [0.3, 0.4) is 0 Å². The summed E-state index contributed by atoms with van der Waals surface area (Å²) in [6, 6.07) is 21.0. The number of likely N-dealkylation sites (tertiary alicyclic amines) is 1. The van der Waals surface area contributed by atoms with E-state index in [1.54, 1.807) is 17.2 Å². The molecule has 6 nitrogen and oxygen atoms in total. The monoisotopic (exact) mass is 400 g/mol. The summed E-state index contributed by atoms with van der Waals surface area (Å²) in [7, 11) is 0. The van der Waals surface area contributed by atoms with Crippen LogP contribution in [0.4, 0.5) is 5.69 Å². The summed E-state index contributed by atoms with van der Waals surface area (Å²) in [6.07, 6.45) is 1.79. The fraction of sp³-hybridized carbons (Fsp3) is 0.167. The lowest BCUT2D eigenvalue weighted by Crippen LogP contribution is -2.27. The van der Waals surface area contributed by atoms with Crippen LogP contribution in [0.15, 0.2) is 81.8 Å². The zero-order chi connectivity index (χ0) is 20.5. The first kappa shape index (κ1) is 18.2. The van der Waals surface area contributed by atoms with Crippen LogP contribution in [0, 0.1) is 5.92 Å². The maximum Gasteiger partial charge on any atom is 0.229 e. The summed E-state index contributed by atoms with van der Waals surface area (Å²) < 4.78 is 11.2. The van der Waals surface area contributed by atoms with E-state index in [1.165, 1.54) is 0 Å². The second-order valence-electron chi connectivity index (χ2n) is 7.47. The molecule has 3 heterocycles. The van der Waals surface area contributed by atoms with E-state index in [9.17, 15) is 9.59 Å². The molecule has 4 aromatic rings. The molecule has 0 spiro atoms. The zero-order valence-corrected chi connectivity index (χ0v) is 16.2. The number of hydrogen-bond donors (Lipinski definition) is 1. The molecule has 1 saturated heterocycles. The van der Waals surface area contributed by atoms with Gasteiger partial charge in [0.05, 0.1) is 18.7 Å². The minimum Gasteiger partial charge on any atom is -0.467 e. The van der Waals surface area contributed by atoms with E-state index in [4.69, 9.17) is 8.83 Å². The molecule has 30 heavy (non-hydrogen) atoms. The molecule has 5 rings (SSSR count). The van der Waals surface area contributed by atoms with E-state index < -0.39 is 0 Å². The molecule has 2 amide bonds. The van der Waals surface area contributed by atoms with Crippen LogP contribution in [0.25, 0.3) is 22.3 Å². The fourth-order valence-corrected chi connectivity index (χ4v) is 3.78. The van der Waals surface area contributed by atoms with Gasteiger partial charge >= 0.3 is 0 Å². The molecule has 6 heteroatoms. The van der Waals surface area contributed by atoms with Crippen molar-refractivity contribution in [1.29, 1.82) is 0 Å². The molecule has 2 aromatic heterocycles. The van der Waals surface area contributed by atoms with Crippen molar-refractivity contribution in [1.82, 2.24) is 4.90 Å². The quantitative estimate of drug-likeness (QED) is 0.528. The molecule has 1 N–H and O–H groups in total. The van der Waals surface area contributed by atoms with E-state index in [0.717, 1.165) is 22.3 Å². The Hall–Kier alpha value is -3.80. The Kier molecular flexibility index (Phi) is 4.59. The molecule has 0 unspecified atom stereocenters. The number of furan rings is 2. The van der Waals surface area contributed by atoms with E-state index in [-0.39, 0.29) is 24.2 Å². The Morgan fingerprint density at radius 2 is 1.90 bits per heavy atom. The molecule has 0 bridgehead atoms. The van der Waals surface area contributed by atoms with Crippen molar-refractivity contribution < 1.29 is 18.4 Å². The van der Waals surface area contributed by atoms with Gasteiger partial charge in [0.1, 0.15) is 17.1 Å². The maximum absolute atomic E-state index is 12.6. The van der Waals surface area contributed by atoms with Crippen molar-refractivity contribution in [3.05, 3.63) is 78.8 Å². The molecule has 0 aliphatic carbocycles. The molecule has 0 radical (unpaired) electrons. The summed E-state index contributed by atoms with van der Waals surface area (Å²) >= 11 is 0. The summed E-state index contributed by atoms with van der Waals surface area (Å²) in [5, 5.41) is 3.97. The predicted octanol–water partition coefficient (Wildman–Crippen LogP) is 4.68. The van der Waals surface area contributed by atoms with Crippen LogP contribution in [-0.4, -0.2) is 23.3 Å². The van der Waals surface area contributed by atoms with Gasteiger partial charge < -0.3 is 19.1 Å². The van der Waals surface area contributed by atoms with Gasteiger partial charge in [-0.25, -0.2) is 0 Å². The number of anilines is 1. The average Bonchev–Trinajstić information content (AvgIpc) is 3.49. The SMILES string of the molecule is O=C(Nc1ccc(-c2cc3ccccc3o2)cc1)[C@H]1CC(=O)N(Cc2ccco2)C1. The second kappa shape index (κ2) is 7.55. The number of carbonyl (C=O) groups is 2. The van der Waals surface area contributed by atoms with Gasteiger partial charge in [0.25, 0.3) is 0 Å². The fourth-order valence-electron chi connectivity index (χ4n) is 3.78. The number of fused-ring (bicyclic) bond motifs is 1. The highest BCUT2D eigenvalue weighted by Crippen LogP contribution is 2.29. The van der Waals surface area contributed by atoms with Crippen molar-refractivity contribution in [3.8, 4) is 11.3 Å². The van der Waals surface area contributed by atoms with Gasteiger partial charge in [-0.3, -0.25) is 9.59 Å². The van der Waals surface area contributed by atoms with Crippen LogP contribution in [0.5, 0.6) is 0 Å². The van der Waals surface area contributed by atoms with Crippen molar-refractivity contribution in [2.24, 2.45) is 5.92 Å². The minimum absolute atomic E-state index is 0.0354. The number of carbonyl (C=O) groups excluding carboxylic acids is 2. The first-order valence-electron chi connectivity index (χ1n) is 9.86. The molecule has 0 saturated carbocycles. The lowest BCUT2D eigenvalue weighted by Gasteiger charge is -2.15. The van der Waals surface area contributed by atoms with Crippen LogP contribution in [0.2, 0.25) is 0 Å². The Labute approximate surface area is 173 Å². The third-order valence-electron chi connectivity index (χ3n) is 5.37. The van der Waals surface area contributed by atoms with Gasteiger partial charge in [-0.2, -0.15) is 0 Å². The van der Waals surface area contributed by atoms with Crippen LogP contribution >= 0.6 is 0 Å². The number of amides is 2. The van der Waals surface area contributed by atoms with E-state index in [1.807, 2.05) is 60.7 Å². The van der Waals surface area contributed by atoms with Crippen molar-refractivity contribution in [2.75, 3.05) is 11.9 Å². The lowest BCUT2D eigenvalue weighted by molar-refractivity contribution is -0.128. The molecular weight excluding hydrogens is 380 g/mol. The highest BCUT2D eigenvalue weighted by Gasteiger charge is 2.34. The molecule has 1 aliphatic heterocycles. The van der Waals surface area contributed by atoms with E-state index in [0.29, 0.717) is 24.5 Å². The molecular formula is C24H20N2O4. The van der Waals surface area contributed by atoms with E-state index in [2.05, 4.69) is 5.32 Å². The van der Waals surface area contributed by atoms with Crippen LogP contribution in [-0.2, 0) is 16.1 Å². The highest BCUT2D eigenvalue weighted by atomic mass is 16.3. The summed E-state index contributed by atoms with van der Waals surface area (Å²) in [4.78, 5) is 26.5. The first-order valence-corrected chi connectivity index (χ1v) is 9.86. The zero-order valence-electron chi connectivity index (χ0n) is 16.2. The Morgan fingerprint density at radius 3 is 2.67 bits per heavy atom. The maximum atomic E-state index is 12.6. The Balaban J connectivity index is 1.23. The van der Waals surface area contributed by atoms with Gasteiger partial charge in [0.2, 0.25) is 11.8 Å². The normalized spacial score (nSPS) is 16.3. The summed E-state index contributed by atoms with van der Waals surface area (Å²) in [5.74, 6) is 0.936. The van der Waals surface area contributed by atoms with Crippen LogP contribution in [0.1, 0.15) is 12.2 Å². The van der Waals surface area contributed by atoms with Gasteiger partial charge in [0.15, 0.2) is 0 Å². The molecule has 150 valence electrons. The summed E-state index contributed by atoms with van der Waals surface area (Å²) in [6.45, 7) is 0.782. The standard InChI is InChI=1S/C24H20N2O4/c27-23-13-18(14-26(23)15-20-5-3-11-29-20)24(28)25-19-9-7-16(8-10-19)22-12-17-4-1-2-6-21(17)30-22/h1-12,18H,13-15H2,(H,25,28)/t18-/m0/s1. The molecule has 1 fully saturated rings. The molecule has 2 aromatic carbocycles. The van der Waals surface area contributed by atoms with Gasteiger partial charge in [-0.05, 0) is 48.5 Å².